The number of hydrogen-bond acceptors (Lipinski definition) is 6. The first kappa shape index (κ1) is 22.2. The zero-order valence-corrected chi connectivity index (χ0v) is 18.5. The number of methoxy groups -OCH3 is 1. The van der Waals surface area contributed by atoms with Crippen LogP contribution in [0.2, 0.25) is 0 Å². The van der Waals surface area contributed by atoms with Crippen LogP contribution in [-0.2, 0) is 9.53 Å². The summed E-state index contributed by atoms with van der Waals surface area (Å²) in [5, 5.41) is 2.60. The van der Waals surface area contributed by atoms with E-state index in [1.807, 2.05) is 61.5 Å². The molecule has 3 aromatic carbocycles. The van der Waals surface area contributed by atoms with Crippen molar-refractivity contribution in [3.05, 3.63) is 77.9 Å². The molecule has 4 rings (SSSR count). The number of carbonyl (C=O) groups excluding carboxylic acids is 2. The summed E-state index contributed by atoms with van der Waals surface area (Å²) in [4.78, 5) is 24.3. The average Bonchev–Trinajstić information content (AvgIpc) is 2.85. The van der Waals surface area contributed by atoms with Crippen LogP contribution < -0.4 is 19.5 Å². The van der Waals surface area contributed by atoms with Crippen molar-refractivity contribution in [2.45, 2.75) is 13.0 Å². The minimum absolute atomic E-state index is 0.207. The van der Waals surface area contributed by atoms with E-state index in [1.54, 1.807) is 12.1 Å². The number of esters is 1. The van der Waals surface area contributed by atoms with E-state index in [4.69, 9.17) is 14.2 Å². The number of hydrogen-bond donors (Lipinski definition) is 1. The largest absolute Gasteiger partial charge is 0.490 e. The number of benzene rings is 3. The fourth-order valence-electron chi connectivity index (χ4n) is 3.56. The fraction of sp³-hybridized carbons (Fsp3) is 0.231. The highest BCUT2D eigenvalue weighted by Gasteiger charge is 2.22. The van der Waals surface area contributed by atoms with Gasteiger partial charge in [0.1, 0.15) is 25.5 Å². The number of para-hydroxylation sites is 2. The van der Waals surface area contributed by atoms with E-state index >= 15 is 0 Å². The summed E-state index contributed by atoms with van der Waals surface area (Å²) in [6.45, 7) is 2.44. The normalized spacial score (nSPS) is 14.3. The SMILES string of the molecule is COC(=O)CNC(=O)c1ccc(OC[C@H]2COc3ccccc3O2)cc1-c1ccccc1C. The second-order valence-electron chi connectivity index (χ2n) is 7.59. The van der Waals surface area contributed by atoms with Crippen molar-refractivity contribution in [1.82, 2.24) is 5.32 Å². The van der Waals surface area contributed by atoms with Gasteiger partial charge >= 0.3 is 5.97 Å². The summed E-state index contributed by atoms with van der Waals surface area (Å²) in [6.07, 6.45) is -0.259. The molecule has 170 valence electrons. The quantitative estimate of drug-likeness (QED) is 0.555. The maximum absolute atomic E-state index is 12.8. The predicted octanol–water partition coefficient (Wildman–Crippen LogP) is 3.78. The summed E-state index contributed by atoms with van der Waals surface area (Å²) >= 11 is 0. The minimum Gasteiger partial charge on any atom is -0.490 e. The molecule has 1 heterocycles. The second-order valence-corrected chi connectivity index (χ2v) is 7.59. The number of amides is 1. The standard InChI is InChI=1S/C26H25NO6/c1-17-7-3-4-8-20(17)22-13-18(11-12-21(22)26(29)27-14-25(28)30-2)31-15-19-16-32-23-9-5-6-10-24(23)33-19/h3-13,19H,14-16H2,1-2H3,(H,27,29)/t19-/m0/s1. The van der Waals surface area contributed by atoms with Crippen LogP contribution in [0.15, 0.2) is 66.7 Å². The van der Waals surface area contributed by atoms with Gasteiger partial charge in [0.2, 0.25) is 0 Å². The lowest BCUT2D eigenvalue weighted by atomic mass is 9.95. The highest BCUT2D eigenvalue weighted by molar-refractivity contribution is 6.02. The highest BCUT2D eigenvalue weighted by Crippen LogP contribution is 2.33. The van der Waals surface area contributed by atoms with Crippen LogP contribution in [0.1, 0.15) is 15.9 Å². The van der Waals surface area contributed by atoms with E-state index in [2.05, 4.69) is 10.1 Å². The summed E-state index contributed by atoms with van der Waals surface area (Å²) < 4.78 is 22.3. The van der Waals surface area contributed by atoms with Crippen LogP contribution in [0.25, 0.3) is 11.1 Å². The molecule has 0 spiro atoms. The highest BCUT2D eigenvalue weighted by atomic mass is 16.6. The van der Waals surface area contributed by atoms with Gasteiger partial charge in [-0.05, 0) is 53.9 Å². The molecule has 1 aliphatic rings. The Balaban J connectivity index is 1.53. The summed E-state index contributed by atoms with van der Waals surface area (Å²) in [7, 11) is 1.28. The number of carbonyl (C=O) groups is 2. The van der Waals surface area contributed by atoms with Gasteiger partial charge in [0.05, 0.1) is 7.11 Å². The molecule has 0 saturated heterocycles. The molecule has 1 atom stereocenters. The van der Waals surface area contributed by atoms with Gasteiger partial charge in [-0.25, -0.2) is 0 Å². The lowest BCUT2D eigenvalue weighted by Crippen LogP contribution is -2.34. The molecule has 1 N–H and O–H groups in total. The fourth-order valence-corrected chi connectivity index (χ4v) is 3.56. The molecule has 7 heteroatoms. The van der Waals surface area contributed by atoms with E-state index in [0.717, 1.165) is 16.9 Å². The number of ether oxygens (including phenoxy) is 4. The van der Waals surface area contributed by atoms with Crippen molar-refractivity contribution < 1.29 is 28.5 Å². The van der Waals surface area contributed by atoms with Gasteiger partial charge in [-0.15, -0.1) is 0 Å². The molecule has 0 saturated carbocycles. The van der Waals surface area contributed by atoms with Crippen molar-refractivity contribution in [1.29, 1.82) is 0 Å². The molecule has 1 aliphatic heterocycles. The molecule has 0 unspecified atom stereocenters. The van der Waals surface area contributed by atoms with Crippen LogP contribution >= 0.6 is 0 Å². The first-order chi connectivity index (χ1) is 16.0. The van der Waals surface area contributed by atoms with Gasteiger partial charge < -0.3 is 24.3 Å². The third kappa shape index (κ3) is 5.26. The number of aryl methyl sites for hydroxylation is 1. The monoisotopic (exact) mass is 447 g/mol. The van der Waals surface area contributed by atoms with Gasteiger partial charge in [-0.1, -0.05) is 36.4 Å². The Bertz CT molecular complexity index is 1160. The lowest BCUT2D eigenvalue weighted by Gasteiger charge is -2.26. The van der Waals surface area contributed by atoms with Crippen molar-refractivity contribution in [3.8, 4) is 28.4 Å². The smallest absolute Gasteiger partial charge is 0.325 e. The third-order valence-electron chi connectivity index (χ3n) is 5.30. The van der Waals surface area contributed by atoms with E-state index in [1.165, 1.54) is 7.11 Å². The van der Waals surface area contributed by atoms with Crippen molar-refractivity contribution in [3.63, 3.8) is 0 Å². The van der Waals surface area contributed by atoms with Crippen LogP contribution in [0.4, 0.5) is 0 Å². The Hall–Kier alpha value is -4.00. The average molecular weight is 447 g/mol. The van der Waals surface area contributed by atoms with Gasteiger partial charge in [-0.3, -0.25) is 9.59 Å². The van der Waals surface area contributed by atoms with Crippen LogP contribution in [0.5, 0.6) is 17.2 Å². The molecule has 0 aliphatic carbocycles. The molecular weight excluding hydrogens is 422 g/mol. The lowest BCUT2D eigenvalue weighted by molar-refractivity contribution is -0.139. The second kappa shape index (κ2) is 10.1. The van der Waals surface area contributed by atoms with E-state index < -0.39 is 5.97 Å². The van der Waals surface area contributed by atoms with E-state index in [-0.39, 0.29) is 25.2 Å². The van der Waals surface area contributed by atoms with Crippen LogP contribution in [0.3, 0.4) is 0 Å². The number of nitrogens with one attached hydrogen (secondary N) is 1. The zero-order chi connectivity index (χ0) is 23.2. The maximum atomic E-state index is 12.8. The number of rotatable bonds is 7. The first-order valence-electron chi connectivity index (χ1n) is 10.6. The Labute approximate surface area is 192 Å². The molecule has 0 aromatic heterocycles. The third-order valence-corrected chi connectivity index (χ3v) is 5.30. The molecule has 33 heavy (non-hydrogen) atoms. The Morgan fingerprint density at radius 2 is 1.76 bits per heavy atom. The Morgan fingerprint density at radius 3 is 2.55 bits per heavy atom. The van der Waals surface area contributed by atoms with Crippen molar-refractivity contribution in [2.24, 2.45) is 0 Å². The molecular formula is C26H25NO6. The molecule has 3 aromatic rings. The molecule has 0 radical (unpaired) electrons. The van der Waals surface area contributed by atoms with Gasteiger partial charge in [0, 0.05) is 5.56 Å². The van der Waals surface area contributed by atoms with Crippen LogP contribution in [0, 0.1) is 6.92 Å². The van der Waals surface area contributed by atoms with Crippen molar-refractivity contribution in [2.75, 3.05) is 26.9 Å². The van der Waals surface area contributed by atoms with E-state index in [0.29, 0.717) is 29.2 Å². The molecule has 7 nitrogen and oxygen atoms in total. The van der Waals surface area contributed by atoms with Gasteiger partial charge in [-0.2, -0.15) is 0 Å². The topological polar surface area (TPSA) is 83.1 Å². The Kier molecular flexibility index (Phi) is 6.78. The van der Waals surface area contributed by atoms with Gasteiger partial charge in [0.15, 0.2) is 17.6 Å². The first-order valence-corrected chi connectivity index (χ1v) is 10.6. The molecule has 1 amide bonds. The summed E-state index contributed by atoms with van der Waals surface area (Å²) in [5.74, 6) is 1.12. The Morgan fingerprint density at radius 1 is 1.00 bits per heavy atom. The minimum atomic E-state index is -0.517. The van der Waals surface area contributed by atoms with Crippen molar-refractivity contribution >= 4 is 11.9 Å². The van der Waals surface area contributed by atoms with E-state index in [9.17, 15) is 9.59 Å². The molecule has 0 bridgehead atoms. The summed E-state index contributed by atoms with van der Waals surface area (Å²) in [6, 6.07) is 20.5. The predicted molar refractivity (Wildman–Crippen MR) is 123 cm³/mol. The summed E-state index contributed by atoms with van der Waals surface area (Å²) in [5.41, 5.74) is 3.06. The number of fused-ring (bicyclic) bond motifs is 1. The van der Waals surface area contributed by atoms with Gasteiger partial charge in [0.25, 0.3) is 5.91 Å². The molecule has 0 fully saturated rings. The van der Waals surface area contributed by atoms with Crippen LogP contribution in [-0.4, -0.2) is 44.8 Å². The maximum Gasteiger partial charge on any atom is 0.325 e. The zero-order valence-electron chi connectivity index (χ0n) is 18.5.